The van der Waals surface area contributed by atoms with Crippen molar-refractivity contribution >= 4 is 19.0 Å². The Labute approximate surface area is 220 Å². The predicted octanol–water partition coefficient (Wildman–Crippen LogP) is 10.7. The van der Waals surface area contributed by atoms with E-state index in [0.717, 1.165) is 17.9 Å². The fourth-order valence-electron chi connectivity index (χ4n) is 4.77. The van der Waals surface area contributed by atoms with Crippen LogP contribution in [0.4, 0.5) is 0 Å². The summed E-state index contributed by atoms with van der Waals surface area (Å²) in [6.07, 6.45) is 0.946. The van der Waals surface area contributed by atoms with Crippen LogP contribution in [-0.4, -0.2) is 0 Å². The quantitative estimate of drug-likeness (QED) is 0.351. The highest BCUT2D eigenvalue weighted by Gasteiger charge is 2.37. The van der Waals surface area contributed by atoms with Gasteiger partial charge in [-0.05, 0) is 50.4 Å². The monoisotopic (exact) mass is 516 g/mol. The number of halogens is 1. The molecule has 1 aliphatic heterocycles. The summed E-state index contributed by atoms with van der Waals surface area (Å²) in [5.41, 5.74) is 7.35. The van der Waals surface area contributed by atoms with Crippen LogP contribution in [0.5, 0.6) is 11.5 Å². The van der Waals surface area contributed by atoms with E-state index in [-0.39, 0.29) is 27.6 Å². The fourth-order valence-corrected chi connectivity index (χ4v) is 5.92. The lowest BCUT2D eigenvalue weighted by Crippen LogP contribution is -2.23. The molecule has 0 saturated heterocycles. The van der Waals surface area contributed by atoms with Crippen LogP contribution in [0.1, 0.15) is 136 Å². The largest absolute Gasteiger partial charge is 0.427 e. The molecule has 4 heteroatoms. The third-order valence-corrected chi connectivity index (χ3v) is 8.13. The summed E-state index contributed by atoms with van der Waals surface area (Å²) in [5.74, 6) is 1.96. The highest BCUT2D eigenvalue weighted by molar-refractivity contribution is 7.76. The molecule has 0 aromatic heterocycles. The maximum Gasteiger partial charge on any atom is 0.401 e. The van der Waals surface area contributed by atoms with Crippen LogP contribution in [0.25, 0.3) is 0 Å². The van der Waals surface area contributed by atoms with Crippen molar-refractivity contribution in [2.24, 2.45) is 0 Å². The molecule has 194 valence electrons. The molecule has 0 fully saturated rings. The zero-order valence-electron chi connectivity index (χ0n) is 24.2. The topological polar surface area (TPSA) is 18.5 Å². The van der Waals surface area contributed by atoms with Crippen LogP contribution in [0.15, 0.2) is 24.3 Å². The summed E-state index contributed by atoms with van der Waals surface area (Å²) >= 11 is 6.86. The van der Waals surface area contributed by atoms with E-state index in [2.05, 4.69) is 114 Å². The first kappa shape index (κ1) is 28.3. The Balaban J connectivity index is 2.49. The average Bonchev–Trinajstić information content (AvgIpc) is 2.65. The van der Waals surface area contributed by atoms with Gasteiger partial charge in [0, 0.05) is 28.2 Å². The van der Waals surface area contributed by atoms with Gasteiger partial charge in [0.2, 0.25) is 0 Å². The molecule has 0 bridgehead atoms. The maximum atomic E-state index is 6.86. The van der Waals surface area contributed by atoms with Crippen molar-refractivity contribution in [2.45, 2.75) is 124 Å². The van der Waals surface area contributed by atoms with Crippen LogP contribution in [0.3, 0.4) is 0 Å². The first-order valence-corrected chi connectivity index (χ1v) is 15.0. The lowest BCUT2D eigenvalue weighted by atomic mass is 9.73. The van der Waals surface area contributed by atoms with Gasteiger partial charge in [0.1, 0.15) is 11.5 Å². The third-order valence-electron chi connectivity index (χ3n) is 7.07. The molecule has 0 saturated carbocycles. The molecule has 3 rings (SSSR count). The summed E-state index contributed by atoms with van der Waals surface area (Å²) < 4.78 is 13.0. The maximum absolute atomic E-state index is 6.86. The van der Waals surface area contributed by atoms with Gasteiger partial charge in [0.25, 0.3) is 0 Å². The summed E-state index contributed by atoms with van der Waals surface area (Å²) in [4.78, 5) is 0. The first-order valence-electron chi connectivity index (χ1n) is 12.9. The SMILES string of the molecule is CCC1c2cc(C(C)(C)C)cc(C(C)(C)C)c2OP(Cl)Oc2c1cc(C(C)(C)C)cc2C(C)(C)C. The van der Waals surface area contributed by atoms with E-state index in [1.165, 1.54) is 33.4 Å². The minimum atomic E-state index is -1.66. The van der Waals surface area contributed by atoms with Gasteiger partial charge in [-0.25, -0.2) is 0 Å². The molecule has 0 unspecified atom stereocenters. The highest BCUT2D eigenvalue weighted by Crippen LogP contribution is 2.57. The molecule has 0 spiro atoms. The molecular weight excluding hydrogens is 471 g/mol. The smallest absolute Gasteiger partial charge is 0.401 e. The Kier molecular flexibility index (Phi) is 7.49. The molecule has 1 aliphatic rings. The molecule has 2 aromatic rings. The number of rotatable bonds is 1. The number of hydrogen-bond acceptors (Lipinski definition) is 2. The van der Waals surface area contributed by atoms with Crippen molar-refractivity contribution in [3.05, 3.63) is 57.6 Å². The van der Waals surface area contributed by atoms with Crippen LogP contribution < -0.4 is 9.05 Å². The first-order chi connectivity index (χ1) is 15.7. The van der Waals surface area contributed by atoms with Crippen LogP contribution in [0, 0.1) is 0 Å². The van der Waals surface area contributed by atoms with Gasteiger partial charge >= 0.3 is 7.73 Å². The standard InChI is InChI=1S/C31H46ClO2P/c1-14-21-22-15-19(28(2,3)4)17-24(30(8,9)10)26(22)33-35(32)34-27-23(21)16-20(29(5,6)7)18-25(27)31(11,12)13/h15-18,21H,14H2,1-13H3. The number of fused-ring (bicyclic) bond motifs is 2. The van der Waals surface area contributed by atoms with Crippen molar-refractivity contribution in [3.8, 4) is 11.5 Å². The van der Waals surface area contributed by atoms with Crippen LogP contribution in [-0.2, 0) is 21.7 Å². The molecule has 1 heterocycles. The highest BCUT2D eigenvalue weighted by atomic mass is 35.7. The molecule has 35 heavy (non-hydrogen) atoms. The van der Waals surface area contributed by atoms with Gasteiger partial charge in [-0.3, -0.25) is 0 Å². The Morgan fingerprint density at radius 1 is 0.629 bits per heavy atom. The zero-order chi connectivity index (χ0) is 26.7. The Bertz CT molecular complexity index is 1010. The summed E-state index contributed by atoms with van der Waals surface area (Å²) in [7, 11) is -1.66. The third kappa shape index (κ3) is 5.86. The lowest BCUT2D eigenvalue weighted by molar-refractivity contribution is 0.449. The Morgan fingerprint density at radius 3 is 1.23 bits per heavy atom. The molecule has 0 amide bonds. The molecule has 0 N–H and O–H groups in total. The minimum Gasteiger partial charge on any atom is -0.427 e. The van der Waals surface area contributed by atoms with Crippen molar-refractivity contribution in [3.63, 3.8) is 0 Å². The normalized spacial score (nSPS) is 19.1. The summed E-state index contributed by atoms with van der Waals surface area (Å²) in [6.45, 7) is 29.5. The van der Waals surface area contributed by atoms with E-state index in [9.17, 15) is 0 Å². The average molecular weight is 517 g/mol. The Morgan fingerprint density at radius 2 is 0.971 bits per heavy atom. The number of hydrogen-bond donors (Lipinski definition) is 0. The predicted molar refractivity (Wildman–Crippen MR) is 154 cm³/mol. The van der Waals surface area contributed by atoms with E-state index >= 15 is 0 Å². The van der Waals surface area contributed by atoms with Gasteiger partial charge in [-0.2, -0.15) is 0 Å². The molecule has 0 atom stereocenters. The van der Waals surface area contributed by atoms with Crippen LogP contribution in [0.2, 0.25) is 0 Å². The van der Waals surface area contributed by atoms with Gasteiger partial charge in [-0.1, -0.05) is 114 Å². The minimum absolute atomic E-state index is 0.0184. The van der Waals surface area contributed by atoms with Crippen LogP contribution >= 0.6 is 19.0 Å². The summed E-state index contributed by atoms with van der Waals surface area (Å²) in [6, 6.07) is 9.38. The molecule has 2 aromatic carbocycles. The summed E-state index contributed by atoms with van der Waals surface area (Å²) in [5, 5.41) is 0. The second kappa shape index (κ2) is 9.25. The molecular formula is C31H46ClO2P. The van der Waals surface area contributed by atoms with Gasteiger partial charge in [-0.15, -0.1) is 0 Å². The van der Waals surface area contributed by atoms with E-state index in [4.69, 9.17) is 20.3 Å². The van der Waals surface area contributed by atoms with Gasteiger partial charge in [0.05, 0.1) is 0 Å². The van der Waals surface area contributed by atoms with E-state index in [1.54, 1.807) is 0 Å². The zero-order valence-corrected chi connectivity index (χ0v) is 25.9. The molecule has 0 aliphatic carbocycles. The molecule has 0 radical (unpaired) electrons. The second-order valence-electron chi connectivity index (χ2n) is 14.2. The van der Waals surface area contributed by atoms with E-state index in [0.29, 0.717) is 0 Å². The fraction of sp³-hybridized carbons (Fsp3) is 0.613. The van der Waals surface area contributed by atoms with Crippen molar-refractivity contribution in [2.75, 3.05) is 0 Å². The van der Waals surface area contributed by atoms with Gasteiger partial charge in [0.15, 0.2) is 0 Å². The Hall–Kier alpha value is -1.24. The van der Waals surface area contributed by atoms with Crippen molar-refractivity contribution in [1.29, 1.82) is 0 Å². The van der Waals surface area contributed by atoms with E-state index in [1.807, 2.05) is 0 Å². The lowest BCUT2D eigenvalue weighted by Gasteiger charge is -2.36. The van der Waals surface area contributed by atoms with Gasteiger partial charge < -0.3 is 9.05 Å². The number of benzene rings is 2. The molecule has 2 nitrogen and oxygen atoms in total. The van der Waals surface area contributed by atoms with Crippen molar-refractivity contribution in [1.82, 2.24) is 0 Å². The van der Waals surface area contributed by atoms with Crippen molar-refractivity contribution < 1.29 is 9.05 Å². The second-order valence-corrected chi connectivity index (χ2v) is 15.9. The van der Waals surface area contributed by atoms with E-state index < -0.39 is 7.73 Å².